The summed E-state index contributed by atoms with van der Waals surface area (Å²) < 4.78 is 11.6. The van der Waals surface area contributed by atoms with Gasteiger partial charge in [0, 0.05) is 27.8 Å². The van der Waals surface area contributed by atoms with Gasteiger partial charge < -0.3 is 14.6 Å². The molecule has 0 saturated heterocycles. The Hall–Kier alpha value is -3.24. The molecule has 4 nitrogen and oxygen atoms in total. The lowest BCUT2D eigenvalue weighted by Gasteiger charge is -2.13. The molecule has 142 valence electrons. The van der Waals surface area contributed by atoms with Gasteiger partial charge in [0.2, 0.25) is 0 Å². The third kappa shape index (κ3) is 4.93. The molecule has 0 amide bonds. The first-order valence-corrected chi connectivity index (χ1v) is 9.02. The molecule has 0 heterocycles. The summed E-state index contributed by atoms with van der Waals surface area (Å²) in [5.74, 6) is 0.830. The maximum Gasteiger partial charge on any atom is 0.185 e. The highest BCUT2D eigenvalue weighted by molar-refractivity contribution is 6.31. The van der Waals surface area contributed by atoms with Crippen LogP contribution in [-0.2, 0) is 13.2 Å². The Labute approximate surface area is 168 Å². The topological polar surface area (TPSA) is 55.8 Å². The smallest absolute Gasteiger partial charge is 0.185 e. The Kier molecular flexibility index (Phi) is 6.35. The summed E-state index contributed by atoms with van der Waals surface area (Å²) in [5, 5.41) is 10.5. The largest absolute Gasteiger partial charge is 0.508 e. The van der Waals surface area contributed by atoms with Crippen molar-refractivity contribution in [2.75, 3.05) is 0 Å². The monoisotopic (exact) mass is 394 g/mol. The van der Waals surface area contributed by atoms with Gasteiger partial charge in [0.25, 0.3) is 0 Å². The number of para-hydroxylation sites is 1. The van der Waals surface area contributed by atoms with Crippen molar-refractivity contribution in [1.29, 1.82) is 0 Å². The molecule has 0 aliphatic heterocycles. The first-order chi connectivity index (χ1) is 13.6. The second-order valence-corrected chi connectivity index (χ2v) is 6.47. The molecule has 3 rings (SSSR count). The number of halogens is 1. The maximum absolute atomic E-state index is 12.1. The van der Waals surface area contributed by atoms with Gasteiger partial charge in [-0.3, -0.25) is 4.79 Å². The highest BCUT2D eigenvalue weighted by Gasteiger charge is 2.10. The number of phenols is 1. The molecule has 5 heteroatoms. The molecule has 0 spiro atoms. The Bertz CT molecular complexity index is 930. The number of carbonyl (C=O) groups is 1. The van der Waals surface area contributed by atoms with E-state index in [1.807, 2.05) is 24.3 Å². The zero-order valence-corrected chi connectivity index (χ0v) is 15.9. The number of hydrogen-bond donors (Lipinski definition) is 1. The highest BCUT2D eigenvalue weighted by atomic mass is 35.5. The molecule has 0 unspecified atom stereocenters. The molecular weight excluding hydrogens is 376 g/mol. The van der Waals surface area contributed by atoms with Gasteiger partial charge in [0.1, 0.15) is 30.5 Å². The molecule has 0 fully saturated rings. The molecule has 28 heavy (non-hydrogen) atoms. The normalized spacial score (nSPS) is 10.3. The van der Waals surface area contributed by atoms with Crippen molar-refractivity contribution < 1.29 is 19.4 Å². The van der Waals surface area contributed by atoms with Crippen LogP contribution in [0.3, 0.4) is 0 Å². The van der Waals surface area contributed by atoms with Gasteiger partial charge >= 0.3 is 0 Å². The highest BCUT2D eigenvalue weighted by Crippen LogP contribution is 2.27. The zero-order valence-electron chi connectivity index (χ0n) is 15.1. The van der Waals surface area contributed by atoms with Gasteiger partial charge in [0.15, 0.2) is 5.78 Å². The molecule has 3 aromatic rings. The number of ether oxygens (including phenoxy) is 2. The molecule has 0 aliphatic carbocycles. The number of hydrogen-bond acceptors (Lipinski definition) is 4. The minimum absolute atomic E-state index is 0.149. The third-order valence-corrected chi connectivity index (χ3v) is 4.46. The second kappa shape index (κ2) is 9.11. The molecule has 0 bridgehead atoms. The molecule has 1 N–H and O–H groups in total. The Balaban J connectivity index is 1.80. The second-order valence-electron chi connectivity index (χ2n) is 6.06. The van der Waals surface area contributed by atoms with E-state index in [4.69, 9.17) is 21.1 Å². The Morgan fingerprint density at radius 1 is 0.929 bits per heavy atom. The summed E-state index contributed by atoms with van der Waals surface area (Å²) in [4.78, 5) is 12.1. The van der Waals surface area contributed by atoms with E-state index in [-0.39, 0.29) is 24.7 Å². The van der Waals surface area contributed by atoms with E-state index < -0.39 is 0 Å². The van der Waals surface area contributed by atoms with Crippen LogP contribution in [0.4, 0.5) is 0 Å². The number of rotatable bonds is 8. The summed E-state index contributed by atoms with van der Waals surface area (Å²) in [7, 11) is 0. The number of allylic oxidation sites excluding steroid dienone is 1. The zero-order chi connectivity index (χ0) is 19.9. The summed E-state index contributed by atoms with van der Waals surface area (Å²) in [5.41, 5.74) is 1.88. The Morgan fingerprint density at radius 3 is 2.11 bits per heavy atom. The van der Waals surface area contributed by atoms with Gasteiger partial charge in [-0.1, -0.05) is 54.6 Å². The maximum atomic E-state index is 12.1. The number of benzene rings is 3. The molecule has 0 aliphatic rings. The van der Waals surface area contributed by atoms with Crippen LogP contribution in [0.15, 0.2) is 79.4 Å². The van der Waals surface area contributed by atoms with Crippen molar-refractivity contribution >= 4 is 17.4 Å². The van der Waals surface area contributed by atoms with Crippen LogP contribution in [0.25, 0.3) is 0 Å². The fraction of sp³-hybridized carbons (Fsp3) is 0.0870. The fourth-order valence-electron chi connectivity index (χ4n) is 2.57. The van der Waals surface area contributed by atoms with E-state index in [9.17, 15) is 9.90 Å². The number of ketones is 1. The summed E-state index contributed by atoms with van der Waals surface area (Å²) in [6.45, 7) is 3.93. The third-order valence-electron chi connectivity index (χ3n) is 4.09. The molecular formula is C23H19ClO4. The number of phenolic OH excluding ortho intramolecular Hbond substituents is 1. The van der Waals surface area contributed by atoms with Crippen molar-refractivity contribution in [3.05, 3.63) is 101 Å². The lowest BCUT2D eigenvalue weighted by molar-refractivity contribution is 0.104. The van der Waals surface area contributed by atoms with Gasteiger partial charge in [0.05, 0.1) is 0 Å². The standard InChI is InChI=1S/C23H19ClO4/c1-2-22(25)18-11-19(27-14-16-7-3-5-9-21(16)24)13-20(12-18)28-15-17-8-4-6-10-23(17)26/h2-13,26H,1,14-15H2. The molecule has 0 radical (unpaired) electrons. The minimum Gasteiger partial charge on any atom is -0.508 e. The van der Waals surface area contributed by atoms with Crippen LogP contribution in [0, 0.1) is 0 Å². The molecule has 0 atom stereocenters. The predicted octanol–water partition coefficient (Wildman–Crippen LogP) is 5.57. The molecule has 0 aromatic heterocycles. The Morgan fingerprint density at radius 2 is 1.50 bits per heavy atom. The van der Waals surface area contributed by atoms with Crippen molar-refractivity contribution in [1.82, 2.24) is 0 Å². The van der Waals surface area contributed by atoms with E-state index in [0.717, 1.165) is 5.56 Å². The molecule has 3 aromatic carbocycles. The first-order valence-electron chi connectivity index (χ1n) is 8.64. The van der Waals surface area contributed by atoms with Crippen LogP contribution < -0.4 is 9.47 Å². The predicted molar refractivity (Wildman–Crippen MR) is 109 cm³/mol. The van der Waals surface area contributed by atoms with E-state index in [1.165, 1.54) is 6.08 Å². The first kappa shape index (κ1) is 19.5. The lowest BCUT2D eigenvalue weighted by atomic mass is 10.1. The number of aromatic hydroxyl groups is 1. The van der Waals surface area contributed by atoms with Crippen LogP contribution in [-0.4, -0.2) is 10.9 Å². The number of carbonyl (C=O) groups excluding carboxylic acids is 1. The molecule has 0 saturated carbocycles. The van der Waals surface area contributed by atoms with Crippen LogP contribution in [0.5, 0.6) is 17.2 Å². The quantitative estimate of drug-likeness (QED) is 0.400. The summed E-state index contributed by atoms with van der Waals surface area (Å²) >= 11 is 6.16. The van der Waals surface area contributed by atoms with Crippen LogP contribution in [0.1, 0.15) is 21.5 Å². The average molecular weight is 395 g/mol. The summed E-state index contributed by atoms with van der Waals surface area (Å²) in [6.07, 6.45) is 1.24. The lowest BCUT2D eigenvalue weighted by Crippen LogP contribution is -2.02. The van der Waals surface area contributed by atoms with E-state index >= 15 is 0 Å². The van der Waals surface area contributed by atoms with E-state index in [2.05, 4.69) is 6.58 Å². The van der Waals surface area contributed by atoms with Crippen LogP contribution >= 0.6 is 11.6 Å². The van der Waals surface area contributed by atoms with Crippen LogP contribution in [0.2, 0.25) is 5.02 Å². The van der Waals surface area contributed by atoms with Crippen molar-refractivity contribution in [2.24, 2.45) is 0 Å². The van der Waals surface area contributed by atoms with Crippen molar-refractivity contribution in [3.8, 4) is 17.2 Å². The fourth-order valence-corrected chi connectivity index (χ4v) is 2.76. The van der Waals surface area contributed by atoms with E-state index in [0.29, 0.717) is 27.6 Å². The van der Waals surface area contributed by atoms with Gasteiger partial charge in [-0.05, 0) is 30.3 Å². The van der Waals surface area contributed by atoms with E-state index in [1.54, 1.807) is 42.5 Å². The van der Waals surface area contributed by atoms with Gasteiger partial charge in [-0.15, -0.1) is 0 Å². The van der Waals surface area contributed by atoms with Gasteiger partial charge in [-0.25, -0.2) is 0 Å². The summed E-state index contributed by atoms with van der Waals surface area (Å²) in [6, 6.07) is 19.2. The van der Waals surface area contributed by atoms with Crippen molar-refractivity contribution in [3.63, 3.8) is 0 Å². The van der Waals surface area contributed by atoms with Gasteiger partial charge in [-0.2, -0.15) is 0 Å². The SMILES string of the molecule is C=CC(=O)c1cc(OCc2ccccc2O)cc(OCc2ccccc2Cl)c1. The minimum atomic E-state index is -0.240. The van der Waals surface area contributed by atoms with Crippen molar-refractivity contribution in [2.45, 2.75) is 13.2 Å². The average Bonchev–Trinajstić information content (AvgIpc) is 2.72.